The Morgan fingerprint density at radius 1 is 1.00 bits per heavy atom. The zero-order valence-corrected chi connectivity index (χ0v) is 12.6. The van der Waals surface area contributed by atoms with Gasteiger partial charge in [-0.05, 0) is 12.8 Å². The quantitative estimate of drug-likeness (QED) is 0.378. The second-order valence-electron chi connectivity index (χ2n) is 6.06. The van der Waals surface area contributed by atoms with Gasteiger partial charge in [-0.2, -0.15) is 5.26 Å². The Labute approximate surface area is 115 Å². The van der Waals surface area contributed by atoms with Crippen molar-refractivity contribution >= 4 is 5.97 Å². The predicted octanol–water partition coefficient (Wildman–Crippen LogP) is 4.03. The molecule has 0 amide bonds. The summed E-state index contributed by atoms with van der Waals surface area (Å²) < 4.78 is 0. The van der Waals surface area contributed by atoms with Gasteiger partial charge in [-0.1, -0.05) is 59.8 Å². The molecule has 0 spiro atoms. The van der Waals surface area contributed by atoms with Crippen LogP contribution in [-0.4, -0.2) is 22.1 Å². The predicted molar refractivity (Wildman–Crippen MR) is 72.6 cm³/mol. The van der Waals surface area contributed by atoms with E-state index in [2.05, 4.69) is 16.7 Å². The summed E-state index contributed by atoms with van der Waals surface area (Å²) in [6.45, 7) is 7.44. The van der Waals surface area contributed by atoms with Crippen LogP contribution in [-0.2, 0) is 14.6 Å². The van der Waals surface area contributed by atoms with Crippen LogP contribution in [0.3, 0.4) is 0 Å². The molecule has 0 radical (unpaired) electrons. The van der Waals surface area contributed by atoms with E-state index in [1.54, 1.807) is 20.8 Å². The number of hydrogen-bond donors (Lipinski definition) is 2. The van der Waals surface area contributed by atoms with E-state index in [1.807, 2.05) is 0 Å². The Kier molecular flexibility index (Phi) is 8.22. The van der Waals surface area contributed by atoms with Gasteiger partial charge in [0.1, 0.15) is 0 Å². The molecule has 0 aromatic rings. The molecule has 5 heteroatoms. The first kappa shape index (κ1) is 18.4. The summed E-state index contributed by atoms with van der Waals surface area (Å²) in [6.07, 6.45) is 6.66. The van der Waals surface area contributed by atoms with E-state index in [1.165, 1.54) is 19.3 Å². The van der Waals surface area contributed by atoms with Gasteiger partial charge in [0.15, 0.2) is 0 Å². The van der Waals surface area contributed by atoms with Crippen LogP contribution >= 0.6 is 0 Å². The third-order valence-corrected chi connectivity index (χ3v) is 3.66. The molecule has 1 atom stereocenters. The van der Waals surface area contributed by atoms with Gasteiger partial charge in [0, 0.05) is 5.41 Å². The first-order valence-electron chi connectivity index (χ1n) is 7.04. The minimum Gasteiger partial charge on any atom is -0.298 e. The lowest BCUT2D eigenvalue weighted by molar-refractivity contribution is -0.358. The largest absolute Gasteiger partial charge is 0.377 e. The Morgan fingerprint density at radius 3 is 1.95 bits per heavy atom. The van der Waals surface area contributed by atoms with Crippen LogP contribution in [0.1, 0.15) is 72.6 Å². The van der Waals surface area contributed by atoms with Crippen molar-refractivity contribution in [1.82, 2.24) is 0 Å². The highest BCUT2D eigenvalue weighted by molar-refractivity contribution is 5.80. The molecule has 0 aliphatic rings. The number of carbonyl (C=O) groups excluding carboxylic acids is 1. The molecule has 0 rings (SSSR count). The number of rotatable bonds is 9. The van der Waals surface area contributed by atoms with E-state index in [0.717, 1.165) is 19.3 Å². The van der Waals surface area contributed by atoms with Crippen molar-refractivity contribution in [2.24, 2.45) is 5.41 Å². The summed E-state index contributed by atoms with van der Waals surface area (Å²) >= 11 is 0. The average Bonchev–Trinajstić information content (AvgIpc) is 2.36. The van der Waals surface area contributed by atoms with Gasteiger partial charge in [-0.25, -0.2) is 9.68 Å². The van der Waals surface area contributed by atoms with E-state index in [9.17, 15) is 4.79 Å². The molecule has 0 aromatic carbocycles. The van der Waals surface area contributed by atoms with Crippen molar-refractivity contribution in [2.75, 3.05) is 0 Å². The molecule has 5 nitrogen and oxygen atoms in total. The topological polar surface area (TPSA) is 76.0 Å². The summed E-state index contributed by atoms with van der Waals surface area (Å²) in [7, 11) is 0. The molecule has 0 saturated carbocycles. The standard InChI is InChI=1S/C14H28O5/c1-5-6-7-8-9-10-11-14(19-17,12(15)18-16)13(2,3)4/h16-17H,5-11H2,1-4H3. The van der Waals surface area contributed by atoms with Crippen LogP contribution in [0.2, 0.25) is 0 Å². The van der Waals surface area contributed by atoms with Crippen molar-refractivity contribution in [3.8, 4) is 0 Å². The molecule has 114 valence electrons. The van der Waals surface area contributed by atoms with Gasteiger partial charge >= 0.3 is 5.97 Å². The van der Waals surface area contributed by atoms with E-state index in [-0.39, 0.29) is 0 Å². The summed E-state index contributed by atoms with van der Waals surface area (Å²) in [5.74, 6) is -0.948. The van der Waals surface area contributed by atoms with E-state index >= 15 is 0 Å². The molecule has 19 heavy (non-hydrogen) atoms. The molecule has 0 saturated heterocycles. The lowest BCUT2D eigenvalue weighted by Crippen LogP contribution is -2.52. The monoisotopic (exact) mass is 276 g/mol. The van der Waals surface area contributed by atoms with E-state index in [4.69, 9.17) is 10.5 Å². The first-order chi connectivity index (χ1) is 8.85. The van der Waals surface area contributed by atoms with Crippen LogP contribution in [0.4, 0.5) is 0 Å². The van der Waals surface area contributed by atoms with E-state index in [0.29, 0.717) is 6.42 Å². The third kappa shape index (κ3) is 5.09. The van der Waals surface area contributed by atoms with Crippen molar-refractivity contribution in [3.05, 3.63) is 0 Å². The van der Waals surface area contributed by atoms with Crippen molar-refractivity contribution < 1.29 is 25.1 Å². The molecule has 0 heterocycles. The maximum absolute atomic E-state index is 11.7. The van der Waals surface area contributed by atoms with Gasteiger partial charge in [0.05, 0.1) is 0 Å². The maximum Gasteiger partial charge on any atom is 0.377 e. The molecule has 0 fully saturated rings. The molecule has 0 bridgehead atoms. The fourth-order valence-electron chi connectivity index (χ4n) is 2.23. The van der Waals surface area contributed by atoms with Crippen LogP contribution in [0.5, 0.6) is 0 Å². The summed E-state index contributed by atoms with van der Waals surface area (Å²) in [5.41, 5.74) is -2.20. The maximum atomic E-state index is 11.7. The smallest absolute Gasteiger partial charge is 0.298 e. The Bertz CT molecular complexity index is 259. The minimum atomic E-state index is -1.52. The second kappa shape index (κ2) is 8.51. The lowest BCUT2D eigenvalue weighted by Gasteiger charge is -2.38. The van der Waals surface area contributed by atoms with E-state index < -0.39 is 17.0 Å². The highest BCUT2D eigenvalue weighted by Gasteiger charge is 2.52. The zero-order chi connectivity index (χ0) is 14.9. The van der Waals surface area contributed by atoms with Crippen LogP contribution in [0, 0.1) is 5.41 Å². The van der Waals surface area contributed by atoms with Crippen molar-refractivity contribution in [2.45, 2.75) is 78.2 Å². The Hall–Kier alpha value is -0.650. The Balaban J connectivity index is 4.48. The van der Waals surface area contributed by atoms with Crippen molar-refractivity contribution in [1.29, 1.82) is 0 Å². The molecular formula is C14H28O5. The minimum absolute atomic E-state index is 0.318. The Morgan fingerprint density at radius 2 is 1.53 bits per heavy atom. The normalized spacial score (nSPS) is 15.1. The number of unbranched alkanes of at least 4 members (excludes halogenated alkanes) is 5. The number of hydrogen-bond acceptors (Lipinski definition) is 5. The summed E-state index contributed by atoms with van der Waals surface area (Å²) in [6, 6.07) is 0. The van der Waals surface area contributed by atoms with Gasteiger partial charge in [0.25, 0.3) is 0 Å². The summed E-state index contributed by atoms with van der Waals surface area (Å²) in [5, 5.41) is 17.7. The highest BCUT2D eigenvalue weighted by atomic mass is 17.1. The van der Waals surface area contributed by atoms with Gasteiger partial charge in [-0.15, -0.1) is 0 Å². The third-order valence-electron chi connectivity index (χ3n) is 3.66. The number of carbonyl (C=O) groups is 1. The highest BCUT2D eigenvalue weighted by Crippen LogP contribution is 2.38. The molecule has 1 unspecified atom stereocenters. The molecule has 2 N–H and O–H groups in total. The molecule has 0 aliphatic carbocycles. The first-order valence-corrected chi connectivity index (χ1v) is 7.04. The van der Waals surface area contributed by atoms with Crippen LogP contribution in [0.15, 0.2) is 0 Å². The molecular weight excluding hydrogens is 248 g/mol. The SMILES string of the molecule is CCCCCCCCC(OO)(C(=O)OO)C(C)(C)C. The fourth-order valence-corrected chi connectivity index (χ4v) is 2.23. The van der Waals surface area contributed by atoms with Crippen LogP contribution < -0.4 is 0 Å². The summed E-state index contributed by atoms with van der Waals surface area (Å²) in [4.78, 5) is 20.0. The second-order valence-corrected chi connectivity index (χ2v) is 6.06. The van der Waals surface area contributed by atoms with Crippen LogP contribution in [0.25, 0.3) is 0 Å². The fraction of sp³-hybridized carbons (Fsp3) is 0.929. The van der Waals surface area contributed by atoms with Gasteiger partial charge in [0.2, 0.25) is 5.60 Å². The van der Waals surface area contributed by atoms with Gasteiger partial charge in [-0.3, -0.25) is 10.1 Å². The van der Waals surface area contributed by atoms with Crippen molar-refractivity contribution in [3.63, 3.8) is 0 Å². The zero-order valence-electron chi connectivity index (χ0n) is 12.6. The lowest BCUT2D eigenvalue weighted by atomic mass is 9.73. The molecule has 0 aromatic heterocycles. The average molecular weight is 276 g/mol. The molecule has 0 aliphatic heterocycles. The van der Waals surface area contributed by atoms with Gasteiger partial charge < -0.3 is 0 Å².